The van der Waals surface area contributed by atoms with Crippen molar-refractivity contribution in [2.24, 2.45) is 0 Å². The van der Waals surface area contributed by atoms with Crippen LogP contribution < -0.4 is 10.1 Å². The van der Waals surface area contributed by atoms with Crippen molar-refractivity contribution in [1.29, 1.82) is 0 Å². The standard InChI is InChI=1S/C31H29N3O2/c1-36-28-16-7-12-25(20-28)22-33-19-9-15-27(33)23-34(21-24-10-3-2-4-11-24)31(35)32-30-18-8-14-26-13-5-6-17-29(26)30/h2-20H,21-23H2,1H3,(H,32,35). The molecule has 1 aromatic heterocycles. The minimum absolute atomic E-state index is 0.135. The van der Waals surface area contributed by atoms with E-state index in [9.17, 15) is 4.79 Å². The number of anilines is 1. The maximum Gasteiger partial charge on any atom is 0.322 e. The number of ether oxygens (including phenoxy) is 1. The summed E-state index contributed by atoms with van der Waals surface area (Å²) >= 11 is 0. The fourth-order valence-electron chi connectivity index (χ4n) is 4.44. The van der Waals surface area contributed by atoms with E-state index < -0.39 is 0 Å². The van der Waals surface area contributed by atoms with Gasteiger partial charge in [0, 0.05) is 30.4 Å². The Hall–Kier alpha value is -4.51. The second-order valence-electron chi connectivity index (χ2n) is 8.78. The maximum absolute atomic E-state index is 13.6. The van der Waals surface area contributed by atoms with Crippen LogP contribution in [0.2, 0.25) is 0 Å². The molecule has 0 aliphatic rings. The summed E-state index contributed by atoms with van der Waals surface area (Å²) < 4.78 is 7.56. The summed E-state index contributed by atoms with van der Waals surface area (Å²) in [4.78, 5) is 15.5. The molecule has 0 saturated heterocycles. The van der Waals surface area contributed by atoms with Crippen molar-refractivity contribution in [1.82, 2.24) is 9.47 Å². The van der Waals surface area contributed by atoms with Crippen molar-refractivity contribution in [2.75, 3.05) is 12.4 Å². The van der Waals surface area contributed by atoms with Gasteiger partial charge in [-0.2, -0.15) is 0 Å². The van der Waals surface area contributed by atoms with Gasteiger partial charge < -0.3 is 19.5 Å². The quantitative estimate of drug-likeness (QED) is 0.264. The Labute approximate surface area is 211 Å². The molecule has 1 N–H and O–H groups in total. The first-order valence-corrected chi connectivity index (χ1v) is 12.0. The number of benzene rings is 4. The van der Waals surface area contributed by atoms with Crippen molar-refractivity contribution < 1.29 is 9.53 Å². The highest BCUT2D eigenvalue weighted by molar-refractivity contribution is 6.01. The number of amides is 2. The molecule has 5 nitrogen and oxygen atoms in total. The van der Waals surface area contributed by atoms with Crippen LogP contribution in [0.15, 0.2) is 115 Å². The van der Waals surface area contributed by atoms with Gasteiger partial charge in [0.2, 0.25) is 0 Å². The zero-order valence-corrected chi connectivity index (χ0v) is 20.3. The van der Waals surface area contributed by atoms with E-state index in [-0.39, 0.29) is 6.03 Å². The summed E-state index contributed by atoms with van der Waals surface area (Å²) in [5.41, 5.74) is 4.09. The van der Waals surface area contributed by atoms with E-state index in [4.69, 9.17) is 4.74 Å². The van der Waals surface area contributed by atoms with E-state index in [2.05, 4.69) is 40.3 Å². The Bertz CT molecular complexity index is 1450. The van der Waals surface area contributed by atoms with Crippen molar-refractivity contribution in [3.05, 3.63) is 132 Å². The molecule has 36 heavy (non-hydrogen) atoms. The SMILES string of the molecule is COc1cccc(Cn2cccc2CN(Cc2ccccc2)C(=O)Nc2cccc3ccccc23)c1. The zero-order chi connectivity index (χ0) is 24.7. The van der Waals surface area contributed by atoms with E-state index >= 15 is 0 Å². The van der Waals surface area contributed by atoms with Crippen LogP contribution in [0, 0.1) is 0 Å². The van der Waals surface area contributed by atoms with Gasteiger partial charge in [0.25, 0.3) is 0 Å². The van der Waals surface area contributed by atoms with Gasteiger partial charge >= 0.3 is 6.03 Å². The monoisotopic (exact) mass is 475 g/mol. The van der Waals surface area contributed by atoms with Gasteiger partial charge in [-0.15, -0.1) is 0 Å². The lowest BCUT2D eigenvalue weighted by atomic mass is 10.1. The molecule has 180 valence electrons. The predicted molar refractivity (Wildman–Crippen MR) is 145 cm³/mol. The molecule has 5 aromatic rings. The second kappa shape index (κ2) is 10.8. The van der Waals surface area contributed by atoms with Gasteiger partial charge in [-0.3, -0.25) is 0 Å². The fraction of sp³-hybridized carbons (Fsp3) is 0.129. The molecule has 0 fully saturated rings. The molecule has 0 spiro atoms. The van der Waals surface area contributed by atoms with Crippen LogP contribution >= 0.6 is 0 Å². The van der Waals surface area contributed by atoms with Gasteiger partial charge in [-0.1, -0.05) is 78.9 Å². The molecule has 0 radical (unpaired) electrons. The van der Waals surface area contributed by atoms with Crippen LogP contribution in [0.25, 0.3) is 10.8 Å². The number of aromatic nitrogens is 1. The minimum Gasteiger partial charge on any atom is -0.497 e. The summed E-state index contributed by atoms with van der Waals surface area (Å²) in [7, 11) is 1.68. The molecule has 5 heteroatoms. The van der Waals surface area contributed by atoms with E-state index in [1.54, 1.807) is 7.11 Å². The number of nitrogens with one attached hydrogen (secondary N) is 1. The number of fused-ring (bicyclic) bond motifs is 1. The summed E-state index contributed by atoms with van der Waals surface area (Å²) in [6.07, 6.45) is 2.05. The number of carbonyl (C=O) groups excluding carboxylic acids is 1. The van der Waals surface area contributed by atoms with Crippen molar-refractivity contribution >= 4 is 22.5 Å². The molecule has 0 saturated carbocycles. The van der Waals surface area contributed by atoms with Crippen LogP contribution in [0.1, 0.15) is 16.8 Å². The molecular formula is C31H29N3O2. The van der Waals surface area contributed by atoms with E-state index in [0.29, 0.717) is 19.6 Å². The number of nitrogens with zero attached hydrogens (tertiary/aromatic N) is 2. The summed E-state index contributed by atoms with van der Waals surface area (Å²) in [5.74, 6) is 0.835. The molecule has 2 amide bonds. The van der Waals surface area contributed by atoms with Gasteiger partial charge in [0.05, 0.1) is 19.3 Å². The average Bonchev–Trinajstić information content (AvgIpc) is 3.35. The fourth-order valence-corrected chi connectivity index (χ4v) is 4.44. The third kappa shape index (κ3) is 5.41. The second-order valence-corrected chi connectivity index (χ2v) is 8.78. The lowest BCUT2D eigenvalue weighted by molar-refractivity contribution is 0.205. The van der Waals surface area contributed by atoms with Crippen molar-refractivity contribution in [3.8, 4) is 5.75 Å². The number of methoxy groups -OCH3 is 1. The van der Waals surface area contributed by atoms with Crippen LogP contribution in [0.4, 0.5) is 10.5 Å². The maximum atomic E-state index is 13.6. The first-order chi connectivity index (χ1) is 17.7. The number of hydrogen-bond donors (Lipinski definition) is 1. The van der Waals surface area contributed by atoms with Crippen LogP contribution in [0.3, 0.4) is 0 Å². The highest BCUT2D eigenvalue weighted by Gasteiger charge is 2.18. The summed E-state index contributed by atoms with van der Waals surface area (Å²) in [5, 5.41) is 5.28. The first kappa shape index (κ1) is 23.2. The number of urea groups is 1. The zero-order valence-electron chi connectivity index (χ0n) is 20.3. The van der Waals surface area contributed by atoms with Gasteiger partial charge in [0.15, 0.2) is 0 Å². The topological polar surface area (TPSA) is 46.5 Å². The molecule has 4 aromatic carbocycles. The highest BCUT2D eigenvalue weighted by atomic mass is 16.5. The summed E-state index contributed by atoms with van der Waals surface area (Å²) in [6.45, 7) is 1.67. The molecule has 0 aliphatic carbocycles. The molecule has 0 aliphatic heterocycles. The summed E-state index contributed by atoms with van der Waals surface area (Å²) in [6, 6.07) is 36.2. The number of carbonyl (C=O) groups is 1. The van der Waals surface area contributed by atoms with Crippen molar-refractivity contribution in [2.45, 2.75) is 19.6 Å². The minimum atomic E-state index is -0.135. The highest BCUT2D eigenvalue weighted by Crippen LogP contribution is 2.24. The number of hydrogen-bond acceptors (Lipinski definition) is 2. The Morgan fingerprint density at radius 3 is 2.42 bits per heavy atom. The Kier molecular flexibility index (Phi) is 6.99. The van der Waals surface area contributed by atoms with E-state index in [1.165, 1.54) is 0 Å². The van der Waals surface area contributed by atoms with Gasteiger partial charge in [-0.05, 0) is 46.8 Å². The molecule has 0 bridgehead atoms. The Morgan fingerprint density at radius 1 is 0.806 bits per heavy atom. The third-order valence-corrected chi connectivity index (χ3v) is 6.30. The normalized spacial score (nSPS) is 10.8. The lowest BCUT2D eigenvalue weighted by Gasteiger charge is -2.25. The van der Waals surface area contributed by atoms with Crippen LogP contribution in [0.5, 0.6) is 5.75 Å². The average molecular weight is 476 g/mol. The van der Waals surface area contributed by atoms with E-state index in [0.717, 1.165) is 39.0 Å². The van der Waals surface area contributed by atoms with Crippen LogP contribution in [-0.4, -0.2) is 22.6 Å². The molecule has 0 unspecified atom stereocenters. The largest absolute Gasteiger partial charge is 0.497 e. The molecule has 5 rings (SSSR count). The predicted octanol–water partition coefficient (Wildman–Crippen LogP) is 6.93. The van der Waals surface area contributed by atoms with Crippen molar-refractivity contribution in [3.63, 3.8) is 0 Å². The lowest BCUT2D eigenvalue weighted by Crippen LogP contribution is -2.34. The molecule has 0 atom stereocenters. The van der Waals surface area contributed by atoms with Crippen LogP contribution in [-0.2, 0) is 19.6 Å². The Balaban J connectivity index is 1.40. The first-order valence-electron chi connectivity index (χ1n) is 12.0. The smallest absolute Gasteiger partial charge is 0.322 e. The van der Waals surface area contributed by atoms with E-state index in [1.807, 2.05) is 89.8 Å². The molecular weight excluding hydrogens is 446 g/mol. The third-order valence-electron chi connectivity index (χ3n) is 6.30. The Morgan fingerprint density at radius 2 is 1.56 bits per heavy atom. The molecule has 1 heterocycles. The van der Waals surface area contributed by atoms with Gasteiger partial charge in [-0.25, -0.2) is 4.79 Å². The number of rotatable bonds is 8. The van der Waals surface area contributed by atoms with Gasteiger partial charge in [0.1, 0.15) is 5.75 Å².